The van der Waals surface area contributed by atoms with E-state index in [1.54, 1.807) is 18.4 Å². The number of hydrogen-bond donors (Lipinski definition) is 0. The van der Waals surface area contributed by atoms with E-state index in [2.05, 4.69) is 4.98 Å². The number of halogens is 1. The highest BCUT2D eigenvalue weighted by atomic mass is 35.5. The van der Waals surface area contributed by atoms with E-state index in [-0.39, 0.29) is 5.25 Å². The maximum atomic E-state index is 13.3. The summed E-state index contributed by atoms with van der Waals surface area (Å²) in [5, 5.41) is 0.391. The highest BCUT2D eigenvalue weighted by Gasteiger charge is 2.22. The maximum absolute atomic E-state index is 13.3. The average Bonchev–Trinajstić information content (AvgIpc) is 3.18. The third-order valence-corrected chi connectivity index (χ3v) is 6.27. The Morgan fingerprint density at radius 2 is 1.54 bits per heavy atom. The molecular formula is C23H18ClNO2S. The zero-order valence-corrected chi connectivity index (χ0v) is 16.6. The Morgan fingerprint density at radius 3 is 2.14 bits per heavy atom. The molecule has 1 aromatic heterocycles. The van der Waals surface area contributed by atoms with E-state index in [4.69, 9.17) is 16.0 Å². The van der Waals surface area contributed by atoms with Crippen LogP contribution in [0.3, 0.4) is 0 Å². The van der Waals surface area contributed by atoms with E-state index in [9.17, 15) is 4.21 Å². The van der Waals surface area contributed by atoms with Gasteiger partial charge >= 0.3 is 0 Å². The van der Waals surface area contributed by atoms with Gasteiger partial charge in [-0.15, -0.1) is 0 Å². The van der Waals surface area contributed by atoms with Crippen molar-refractivity contribution in [3.63, 3.8) is 0 Å². The summed E-state index contributed by atoms with van der Waals surface area (Å²) in [4.78, 5) is 4.51. The van der Waals surface area contributed by atoms with Gasteiger partial charge in [-0.1, -0.05) is 78.3 Å². The molecule has 28 heavy (non-hydrogen) atoms. The Bertz CT molecular complexity index is 1040. The molecule has 0 radical (unpaired) electrons. The van der Waals surface area contributed by atoms with Crippen LogP contribution in [0.4, 0.5) is 0 Å². The van der Waals surface area contributed by atoms with Gasteiger partial charge in [-0.2, -0.15) is 0 Å². The van der Waals surface area contributed by atoms with Gasteiger partial charge in [0, 0.05) is 21.4 Å². The highest BCUT2D eigenvalue weighted by Crippen LogP contribution is 2.30. The zero-order valence-electron chi connectivity index (χ0n) is 15.0. The van der Waals surface area contributed by atoms with Gasteiger partial charge in [0.25, 0.3) is 0 Å². The molecule has 0 spiro atoms. The van der Waals surface area contributed by atoms with Crippen molar-refractivity contribution in [2.75, 3.05) is 0 Å². The van der Waals surface area contributed by atoms with Crippen LogP contribution < -0.4 is 0 Å². The third-order valence-electron chi connectivity index (χ3n) is 4.38. The molecule has 0 aliphatic heterocycles. The molecule has 0 fully saturated rings. The fourth-order valence-corrected chi connectivity index (χ4v) is 4.81. The molecule has 0 aliphatic rings. The molecule has 3 nitrogen and oxygen atoms in total. The monoisotopic (exact) mass is 407 g/mol. The van der Waals surface area contributed by atoms with Crippen molar-refractivity contribution >= 4 is 22.4 Å². The van der Waals surface area contributed by atoms with Gasteiger partial charge < -0.3 is 4.42 Å². The standard InChI is InChI=1S/C23H18ClNO2S/c24-20-13-7-12-19(14-20)23-25-21(15-27-23)16-28(26)22(17-8-3-1-4-9-17)18-10-5-2-6-11-18/h1-15,22H,16H2. The molecule has 0 bridgehead atoms. The van der Waals surface area contributed by atoms with Crippen LogP contribution in [-0.2, 0) is 16.6 Å². The van der Waals surface area contributed by atoms with Crippen molar-refractivity contribution < 1.29 is 8.63 Å². The molecule has 4 rings (SSSR count). The van der Waals surface area contributed by atoms with Crippen LogP contribution in [0.2, 0.25) is 5.02 Å². The van der Waals surface area contributed by atoms with E-state index in [0.29, 0.717) is 22.4 Å². The van der Waals surface area contributed by atoms with E-state index in [0.717, 1.165) is 16.7 Å². The molecule has 5 heteroatoms. The van der Waals surface area contributed by atoms with Crippen molar-refractivity contribution in [2.24, 2.45) is 0 Å². The van der Waals surface area contributed by atoms with E-state index < -0.39 is 10.8 Å². The lowest BCUT2D eigenvalue weighted by molar-refractivity contribution is 0.573. The van der Waals surface area contributed by atoms with Crippen LogP contribution in [0.25, 0.3) is 11.5 Å². The van der Waals surface area contributed by atoms with E-state index >= 15 is 0 Å². The van der Waals surface area contributed by atoms with Crippen molar-refractivity contribution in [3.8, 4) is 11.5 Å². The number of benzene rings is 3. The lowest BCUT2D eigenvalue weighted by Crippen LogP contribution is -2.10. The molecular weight excluding hydrogens is 390 g/mol. The van der Waals surface area contributed by atoms with Gasteiger partial charge in [-0.3, -0.25) is 4.21 Å². The number of hydrogen-bond acceptors (Lipinski definition) is 3. The quantitative estimate of drug-likeness (QED) is 0.391. The van der Waals surface area contributed by atoms with Crippen molar-refractivity contribution in [1.29, 1.82) is 0 Å². The SMILES string of the molecule is O=S(Cc1coc(-c2cccc(Cl)c2)n1)C(c1ccccc1)c1ccccc1. The van der Waals surface area contributed by atoms with Crippen LogP contribution in [0.15, 0.2) is 95.6 Å². The van der Waals surface area contributed by atoms with Crippen molar-refractivity contribution in [1.82, 2.24) is 4.98 Å². The largest absolute Gasteiger partial charge is 0.444 e. The molecule has 0 saturated carbocycles. The normalized spacial score (nSPS) is 12.2. The summed E-state index contributed by atoms with van der Waals surface area (Å²) in [6, 6.07) is 27.2. The lowest BCUT2D eigenvalue weighted by Gasteiger charge is -2.17. The second kappa shape index (κ2) is 8.55. The molecule has 0 amide bonds. The molecule has 3 aromatic carbocycles. The Hall–Kier alpha value is -2.69. The maximum Gasteiger partial charge on any atom is 0.226 e. The summed E-state index contributed by atoms with van der Waals surface area (Å²) in [5.41, 5.74) is 3.49. The minimum atomic E-state index is -1.21. The van der Waals surface area contributed by atoms with Crippen LogP contribution in [0.1, 0.15) is 22.1 Å². The summed E-state index contributed by atoms with van der Waals surface area (Å²) in [6.45, 7) is 0. The molecule has 4 aromatic rings. The van der Waals surface area contributed by atoms with Crippen molar-refractivity contribution in [2.45, 2.75) is 11.0 Å². The molecule has 1 atom stereocenters. The number of rotatable bonds is 6. The fraction of sp³-hybridized carbons (Fsp3) is 0.0870. The summed E-state index contributed by atoms with van der Waals surface area (Å²) < 4.78 is 18.9. The molecule has 1 heterocycles. The van der Waals surface area contributed by atoms with Gasteiger partial charge in [-0.05, 0) is 29.3 Å². The average molecular weight is 408 g/mol. The number of aromatic nitrogens is 1. The fourth-order valence-electron chi connectivity index (χ4n) is 3.11. The number of oxazole rings is 1. The summed E-state index contributed by atoms with van der Waals surface area (Å²) in [6.07, 6.45) is 1.57. The Labute approximate surface area is 171 Å². The first-order chi connectivity index (χ1) is 13.7. The minimum Gasteiger partial charge on any atom is -0.444 e. The topological polar surface area (TPSA) is 43.1 Å². The highest BCUT2D eigenvalue weighted by molar-refractivity contribution is 7.84. The van der Waals surface area contributed by atoms with Crippen molar-refractivity contribution in [3.05, 3.63) is 113 Å². The van der Waals surface area contributed by atoms with Gasteiger partial charge in [-0.25, -0.2) is 4.98 Å². The zero-order chi connectivity index (χ0) is 19.3. The van der Waals surface area contributed by atoms with Crippen LogP contribution in [0, 0.1) is 0 Å². The second-order valence-corrected chi connectivity index (χ2v) is 8.34. The Balaban J connectivity index is 1.60. The van der Waals surface area contributed by atoms with Gasteiger partial charge in [0.2, 0.25) is 5.89 Å². The number of nitrogens with zero attached hydrogens (tertiary/aromatic N) is 1. The predicted molar refractivity (Wildman–Crippen MR) is 114 cm³/mol. The first-order valence-electron chi connectivity index (χ1n) is 8.88. The molecule has 1 unspecified atom stereocenters. The first kappa shape index (κ1) is 18.7. The minimum absolute atomic E-state index is 0.228. The predicted octanol–water partition coefficient (Wildman–Crippen LogP) is 6.03. The Kier molecular flexibility index (Phi) is 5.70. The summed E-state index contributed by atoms with van der Waals surface area (Å²) in [7, 11) is -1.21. The van der Waals surface area contributed by atoms with Gasteiger partial charge in [0.15, 0.2) is 0 Å². The third kappa shape index (κ3) is 4.24. The van der Waals surface area contributed by atoms with Gasteiger partial charge in [0.05, 0.1) is 16.7 Å². The first-order valence-corrected chi connectivity index (χ1v) is 10.6. The molecule has 0 aliphatic carbocycles. The van der Waals surface area contributed by atoms with E-state index in [1.807, 2.05) is 72.8 Å². The lowest BCUT2D eigenvalue weighted by atomic mass is 10.0. The van der Waals surface area contributed by atoms with Crippen LogP contribution in [-0.4, -0.2) is 9.19 Å². The Morgan fingerprint density at radius 1 is 0.893 bits per heavy atom. The van der Waals surface area contributed by atoms with Crippen LogP contribution in [0.5, 0.6) is 0 Å². The van der Waals surface area contributed by atoms with Gasteiger partial charge in [0.1, 0.15) is 6.26 Å². The molecule has 0 saturated heterocycles. The molecule has 0 N–H and O–H groups in total. The van der Waals surface area contributed by atoms with Crippen LogP contribution >= 0.6 is 11.6 Å². The summed E-state index contributed by atoms with van der Waals surface area (Å²) in [5.74, 6) is 0.781. The smallest absolute Gasteiger partial charge is 0.226 e. The summed E-state index contributed by atoms with van der Waals surface area (Å²) >= 11 is 6.05. The second-order valence-electron chi connectivity index (χ2n) is 6.38. The van der Waals surface area contributed by atoms with E-state index in [1.165, 1.54) is 0 Å². The molecule has 140 valence electrons.